The third-order valence-electron chi connectivity index (χ3n) is 6.65. The molecule has 1 aliphatic carbocycles. The highest BCUT2D eigenvalue weighted by molar-refractivity contribution is 5.98. The highest BCUT2D eigenvalue weighted by Crippen LogP contribution is 2.44. The molecule has 2 aromatic heterocycles. The standard InChI is InChI=1S/C23H29N7O2/c1-2-16-13-18-21(31)26-15-23(7-3-4-8-23)30(18)20(16)28-22(24)27-19-6-5-17(14-25-19)29-9-11-32-12-10-29/h2,5-6,13-14H,1,3-4,7-12,15H2,(H,26,31)(H3,24,25,27,28). The summed E-state index contributed by atoms with van der Waals surface area (Å²) in [6.45, 7) is 7.71. The van der Waals surface area contributed by atoms with E-state index in [0.29, 0.717) is 23.9 Å². The number of guanidine groups is 1. The van der Waals surface area contributed by atoms with Crippen molar-refractivity contribution in [2.24, 2.45) is 10.7 Å². The number of aromatic nitrogens is 2. The second-order valence-corrected chi connectivity index (χ2v) is 8.59. The highest BCUT2D eigenvalue weighted by Gasteiger charge is 2.43. The molecule has 2 aromatic rings. The van der Waals surface area contributed by atoms with E-state index in [2.05, 4.69) is 31.7 Å². The number of carbonyl (C=O) groups excluding carboxylic acids is 1. The van der Waals surface area contributed by atoms with Crippen LogP contribution in [0.3, 0.4) is 0 Å². The molecule has 1 saturated heterocycles. The first-order chi connectivity index (χ1) is 15.6. The van der Waals surface area contributed by atoms with E-state index in [4.69, 9.17) is 15.5 Å². The Bertz CT molecular complexity index is 1050. The van der Waals surface area contributed by atoms with Gasteiger partial charge in [0.05, 0.1) is 30.6 Å². The van der Waals surface area contributed by atoms with Crippen LogP contribution in [-0.2, 0) is 10.3 Å². The summed E-state index contributed by atoms with van der Waals surface area (Å²) in [5.74, 6) is 1.42. The van der Waals surface area contributed by atoms with Gasteiger partial charge in [-0.25, -0.2) is 4.98 Å². The Morgan fingerprint density at radius 1 is 1.31 bits per heavy atom. The Balaban J connectivity index is 1.42. The lowest BCUT2D eigenvalue weighted by Crippen LogP contribution is -2.50. The maximum atomic E-state index is 12.6. The zero-order valence-corrected chi connectivity index (χ0v) is 18.1. The molecule has 3 aliphatic rings. The highest BCUT2D eigenvalue weighted by atomic mass is 16.5. The van der Waals surface area contributed by atoms with Crippen molar-refractivity contribution in [3.05, 3.63) is 42.2 Å². The summed E-state index contributed by atoms with van der Waals surface area (Å²) in [6, 6.07) is 5.75. The van der Waals surface area contributed by atoms with Gasteiger partial charge in [0.15, 0.2) is 0 Å². The van der Waals surface area contributed by atoms with Crippen LogP contribution in [0.15, 0.2) is 36.0 Å². The number of anilines is 2. The lowest BCUT2D eigenvalue weighted by atomic mass is 9.94. The molecule has 5 rings (SSSR count). The summed E-state index contributed by atoms with van der Waals surface area (Å²) in [4.78, 5) is 24.0. The number of hydrogen-bond donors (Lipinski definition) is 3. The molecule has 1 spiro atoms. The molecule has 0 bridgehead atoms. The lowest BCUT2D eigenvalue weighted by Gasteiger charge is -2.37. The second kappa shape index (κ2) is 8.31. The summed E-state index contributed by atoms with van der Waals surface area (Å²) >= 11 is 0. The molecule has 4 heterocycles. The zero-order chi connectivity index (χ0) is 22.1. The Kier molecular flexibility index (Phi) is 5.34. The maximum Gasteiger partial charge on any atom is 0.268 e. The van der Waals surface area contributed by atoms with Gasteiger partial charge in [-0.2, -0.15) is 4.99 Å². The van der Waals surface area contributed by atoms with Gasteiger partial charge in [0, 0.05) is 25.2 Å². The summed E-state index contributed by atoms with van der Waals surface area (Å²) in [7, 11) is 0. The largest absolute Gasteiger partial charge is 0.378 e. The van der Waals surface area contributed by atoms with Crippen LogP contribution in [0.1, 0.15) is 41.7 Å². The molecule has 0 aromatic carbocycles. The smallest absolute Gasteiger partial charge is 0.268 e. The van der Waals surface area contributed by atoms with E-state index in [1.807, 2.05) is 24.4 Å². The van der Waals surface area contributed by atoms with Crippen molar-refractivity contribution < 1.29 is 9.53 Å². The average molecular weight is 436 g/mol. The number of nitrogens with zero attached hydrogens (tertiary/aromatic N) is 4. The van der Waals surface area contributed by atoms with Crippen LogP contribution < -0.4 is 21.3 Å². The number of nitrogens with two attached hydrogens (primary N) is 1. The van der Waals surface area contributed by atoms with Gasteiger partial charge >= 0.3 is 0 Å². The van der Waals surface area contributed by atoms with Gasteiger partial charge in [0.2, 0.25) is 5.96 Å². The first kappa shape index (κ1) is 20.6. The minimum atomic E-state index is -0.151. The second-order valence-electron chi connectivity index (χ2n) is 8.59. The number of aliphatic imine (C=N–C) groups is 1. The number of morpholine rings is 1. The van der Waals surface area contributed by atoms with Crippen molar-refractivity contribution in [1.29, 1.82) is 0 Å². The molecule has 0 radical (unpaired) electrons. The van der Waals surface area contributed by atoms with E-state index in [1.54, 1.807) is 6.08 Å². The van der Waals surface area contributed by atoms with Crippen molar-refractivity contribution in [3.8, 4) is 0 Å². The number of nitrogens with one attached hydrogen (secondary N) is 2. The van der Waals surface area contributed by atoms with E-state index < -0.39 is 0 Å². The Morgan fingerprint density at radius 2 is 2.09 bits per heavy atom. The van der Waals surface area contributed by atoms with Gasteiger partial charge in [-0.3, -0.25) is 4.79 Å². The summed E-state index contributed by atoms with van der Waals surface area (Å²) < 4.78 is 7.49. The molecule has 0 unspecified atom stereocenters. The number of fused-ring (bicyclic) bond motifs is 2. The first-order valence-corrected chi connectivity index (χ1v) is 11.2. The summed E-state index contributed by atoms with van der Waals surface area (Å²) in [5.41, 5.74) is 8.60. The van der Waals surface area contributed by atoms with Crippen LogP contribution >= 0.6 is 0 Å². The third kappa shape index (κ3) is 3.62. The van der Waals surface area contributed by atoms with Gasteiger partial charge in [-0.1, -0.05) is 25.5 Å². The van der Waals surface area contributed by atoms with E-state index in [1.165, 1.54) is 0 Å². The van der Waals surface area contributed by atoms with Crippen molar-refractivity contribution in [2.45, 2.75) is 31.2 Å². The lowest BCUT2D eigenvalue weighted by molar-refractivity contribution is 0.0874. The topological polar surface area (TPSA) is 110 Å². The molecule has 9 heteroatoms. The number of pyridine rings is 1. The van der Waals surface area contributed by atoms with Crippen LogP contribution in [-0.4, -0.2) is 54.3 Å². The van der Waals surface area contributed by atoms with E-state index >= 15 is 0 Å². The van der Waals surface area contributed by atoms with Gasteiger partial charge in [-0.05, 0) is 31.0 Å². The van der Waals surface area contributed by atoms with Crippen LogP contribution in [0.4, 0.5) is 17.3 Å². The molecule has 168 valence electrons. The quantitative estimate of drug-likeness (QED) is 0.503. The minimum Gasteiger partial charge on any atom is -0.378 e. The van der Waals surface area contributed by atoms with Gasteiger partial charge in [0.1, 0.15) is 17.3 Å². The summed E-state index contributed by atoms with van der Waals surface area (Å²) in [5, 5.41) is 6.13. The molecule has 1 saturated carbocycles. The van der Waals surface area contributed by atoms with Crippen LogP contribution in [0.5, 0.6) is 0 Å². The van der Waals surface area contributed by atoms with Crippen LogP contribution in [0.25, 0.3) is 6.08 Å². The summed E-state index contributed by atoms with van der Waals surface area (Å²) in [6.07, 6.45) is 7.83. The molecular formula is C23H29N7O2. The molecule has 9 nitrogen and oxygen atoms in total. The van der Waals surface area contributed by atoms with Gasteiger partial charge in [-0.15, -0.1) is 0 Å². The monoisotopic (exact) mass is 435 g/mol. The fourth-order valence-corrected chi connectivity index (χ4v) is 5.02. The van der Waals surface area contributed by atoms with Crippen molar-refractivity contribution >= 4 is 35.3 Å². The average Bonchev–Trinajstić information content (AvgIpc) is 3.43. The van der Waals surface area contributed by atoms with E-state index in [9.17, 15) is 4.79 Å². The number of ether oxygens (including phenoxy) is 1. The third-order valence-corrected chi connectivity index (χ3v) is 6.65. The maximum absolute atomic E-state index is 12.6. The predicted molar refractivity (Wildman–Crippen MR) is 125 cm³/mol. The molecule has 2 fully saturated rings. The van der Waals surface area contributed by atoms with Gasteiger partial charge < -0.3 is 30.6 Å². The number of rotatable bonds is 4. The van der Waals surface area contributed by atoms with Crippen molar-refractivity contribution in [1.82, 2.24) is 14.9 Å². The molecule has 2 aliphatic heterocycles. The fourth-order valence-electron chi connectivity index (χ4n) is 5.02. The Labute approximate surface area is 187 Å². The van der Waals surface area contributed by atoms with E-state index in [-0.39, 0.29) is 17.4 Å². The SMILES string of the molecule is C=Cc1cc2n(c1/N=C(\N)Nc1ccc(N3CCOCC3)cn1)C1(CCCC1)CNC2=O. The Hall–Kier alpha value is -3.33. The molecule has 4 N–H and O–H groups in total. The number of carbonyl (C=O) groups is 1. The van der Waals surface area contributed by atoms with Crippen LogP contribution in [0, 0.1) is 0 Å². The normalized spacial score (nSPS) is 20.2. The van der Waals surface area contributed by atoms with Crippen molar-refractivity contribution in [3.63, 3.8) is 0 Å². The minimum absolute atomic E-state index is 0.0843. The first-order valence-electron chi connectivity index (χ1n) is 11.2. The van der Waals surface area contributed by atoms with Gasteiger partial charge in [0.25, 0.3) is 5.91 Å². The molecule has 32 heavy (non-hydrogen) atoms. The fraction of sp³-hybridized carbons (Fsp3) is 0.435. The predicted octanol–water partition coefficient (Wildman–Crippen LogP) is 2.43. The molecular weight excluding hydrogens is 406 g/mol. The molecule has 1 amide bonds. The zero-order valence-electron chi connectivity index (χ0n) is 18.1. The number of amides is 1. The van der Waals surface area contributed by atoms with Crippen LogP contribution in [0.2, 0.25) is 0 Å². The molecule has 0 atom stereocenters. The Morgan fingerprint density at radius 3 is 2.78 bits per heavy atom. The van der Waals surface area contributed by atoms with E-state index in [0.717, 1.165) is 63.2 Å². The number of hydrogen-bond acceptors (Lipinski definition) is 5. The van der Waals surface area contributed by atoms with Crippen molar-refractivity contribution in [2.75, 3.05) is 43.1 Å².